The molecular formula is C17H17NOS. The molecule has 2 aromatic carbocycles. The van der Waals surface area contributed by atoms with Gasteiger partial charge < -0.3 is 5.21 Å². The molecule has 2 aromatic rings. The standard InChI is InChI=1S/C17H17NOS/c1-13(18-19)17(15-6-4-3-5-7-15)12-14-8-10-16(20-2)11-9-14/h3-12,19H,1-2H3. The summed E-state index contributed by atoms with van der Waals surface area (Å²) < 4.78 is 0. The fourth-order valence-corrected chi connectivity index (χ4v) is 2.34. The highest BCUT2D eigenvalue weighted by molar-refractivity contribution is 7.98. The molecule has 0 saturated carbocycles. The van der Waals surface area contributed by atoms with Crippen molar-refractivity contribution in [3.8, 4) is 0 Å². The fourth-order valence-electron chi connectivity index (χ4n) is 1.94. The van der Waals surface area contributed by atoms with Crippen LogP contribution in [0.25, 0.3) is 11.6 Å². The smallest absolute Gasteiger partial charge is 0.0843 e. The minimum Gasteiger partial charge on any atom is -0.411 e. The van der Waals surface area contributed by atoms with Gasteiger partial charge in [-0.15, -0.1) is 11.8 Å². The molecule has 0 fully saturated rings. The van der Waals surface area contributed by atoms with E-state index in [1.54, 1.807) is 18.7 Å². The summed E-state index contributed by atoms with van der Waals surface area (Å²) in [7, 11) is 0. The molecule has 0 spiro atoms. The largest absolute Gasteiger partial charge is 0.411 e. The summed E-state index contributed by atoms with van der Waals surface area (Å²) >= 11 is 1.72. The number of oxime groups is 1. The zero-order valence-electron chi connectivity index (χ0n) is 11.6. The Morgan fingerprint density at radius 2 is 1.70 bits per heavy atom. The summed E-state index contributed by atoms with van der Waals surface area (Å²) in [5, 5.41) is 12.4. The number of thioether (sulfide) groups is 1. The van der Waals surface area contributed by atoms with Crippen LogP contribution in [-0.2, 0) is 0 Å². The van der Waals surface area contributed by atoms with Crippen molar-refractivity contribution in [2.75, 3.05) is 6.26 Å². The Morgan fingerprint density at radius 3 is 2.25 bits per heavy atom. The zero-order chi connectivity index (χ0) is 14.4. The SMILES string of the molecule is CSc1ccc(C=C(C(C)=NO)c2ccccc2)cc1. The van der Waals surface area contributed by atoms with Gasteiger partial charge in [-0.3, -0.25) is 0 Å². The van der Waals surface area contributed by atoms with Gasteiger partial charge in [-0.05, 0) is 42.5 Å². The molecule has 0 aliphatic heterocycles. The van der Waals surface area contributed by atoms with E-state index >= 15 is 0 Å². The quantitative estimate of drug-likeness (QED) is 0.287. The van der Waals surface area contributed by atoms with Crippen molar-refractivity contribution in [3.05, 3.63) is 65.7 Å². The predicted octanol–water partition coefficient (Wildman–Crippen LogP) is 4.80. The van der Waals surface area contributed by atoms with Crippen molar-refractivity contribution in [2.24, 2.45) is 5.16 Å². The van der Waals surface area contributed by atoms with Crippen LogP contribution in [0, 0.1) is 0 Å². The van der Waals surface area contributed by atoms with E-state index in [4.69, 9.17) is 5.21 Å². The third-order valence-corrected chi connectivity index (χ3v) is 3.79. The highest BCUT2D eigenvalue weighted by atomic mass is 32.2. The van der Waals surface area contributed by atoms with Crippen LogP contribution < -0.4 is 0 Å². The lowest BCUT2D eigenvalue weighted by Gasteiger charge is -2.07. The second-order valence-corrected chi connectivity index (χ2v) is 5.26. The van der Waals surface area contributed by atoms with E-state index in [2.05, 4.69) is 35.7 Å². The highest BCUT2D eigenvalue weighted by Crippen LogP contribution is 2.22. The Balaban J connectivity index is 2.43. The van der Waals surface area contributed by atoms with Crippen LogP contribution in [0.5, 0.6) is 0 Å². The van der Waals surface area contributed by atoms with Gasteiger partial charge in [0.05, 0.1) is 5.71 Å². The van der Waals surface area contributed by atoms with Crippen molar-refractivity contribution < 1.29 is 5.21 Å². The Labute approximate surface area is 123 Å². The number of nitrogens with zero attached hydrogens (tertiary/aromatic N) is 1. The minimum atomic E-state index is 0.602. The van der Waals surface area contributed by atoms with E-state index in [1.807, 2.05) is 36.4 Å². The lowest BCUT2D eigenvalue weighted by molar-refractivity contribution is 0.319. The molecule has 20 heavy (non-hydrogen) atoms. The first-order chi connectivity index (χ1) is 9.74. The van der Waals surface area contributed by atoms with E-state index in [9.17, 15) is 0 Å². The van der Waals surface area contributed by atoms with Gasteiger partial charge >= 0.3 is 0 Å². The van der Waals surface area contributed by atoms with Crippen molar-refractivity contribution in [1.82, 2.24) is 0 Å². The normalized spacial score (nSPS) is 12.5. The van der Waals surface area contributed by atoms with Crippen LogP contribution in [0.4, 0.5) is 0 Å². The molecule has 0 amide bonds. The molecule has 0 bridgehead atoms. The third kappa shape index (κ3) is 3.52. The molecule has 0 unspecified atom stereocenters. The first-order valence-corrected chi connectivity index (χ1v) is 7.57. The molecule has 3 heteroatoms. The maximum absolute atomic E-state index is 9.07. The Kier molecular flexibility index (Phi) is 5.02. The van der Waals surface area contributed by atoms with Gasteiger partial charge in [-0.1, -0.05) is 47.6 Å². The molecular weight excluding hydrogens is 266 g/mol. The lowest BCUT2D eigenvalue weighted by atomic mass is 9.99. The minimum absolute atomic E-state index is 0.602. The van der Waals surface area contributed by atoms with Gasteiger partial charge in [0, 0.05) is 10.5 Å². The average molecular weight is 283 g/mol. The summed E-state index contributed by atoms with van der Waals surface area (Å²) in [6, 6.07) is 18.3. The maximum Gasteiger partial charge on any atom is 0.0843 e. The summed E-state index contributed by atoms with van der Waals surface area (Å²) in [4.78, 5) is 1.23. The summed E-state index contributed by atoms with van der Waals surface area (Å²) in [5.41, 5.74) is 3.65. The van der Waals surface area contributed by atoms with Gasteiger partial charge in [0.1, 0.15) is 0 Å². The van der Waals surface area contributed by atoms with Crippen molar-refractivity contribution in [2.45, 2.75) is 11.8 Å². The number of hydrogen-bond acceptors (Lipinski definition) is 3. The molecule has 1 N–H and O–H groups in total. The maximum atomic E-state index is 9.07. The lowest BCUT2D eigenvalue weighted by Crippen LogP contribution is -1.97. The van der Waals surface area contributed by atoms with Crippen LogP contribution in [0.2, 0.25) is 0 Å². The van der Waals surface area contributed by atoms with Gasteiger partial charge in [-0.2, -0.15) is 0 Å². The van der Waals surface area contributed by atoms with Crippen LogP contribution in [0.15, 0.2) is 64.6 Å². The van der Waals surface area contributed by atoms with E-state index in [0.29, 0.717) is 5.71 Å². The van der Waals surface area contributed by atoms with Gasteiger partial charge in [-0.25, -0.2) is 0 Å². The number of rotatable bonds is 4. The molecule has 0 aliphatic rings. The zero-order valence-corrected chi connectivity index (χ0v) is 12.4. The summed E-state index contributed by atoms with van der Waals surface area (Å²) in [5.74, 6) is 0. The number of benzene rings is 2. The van der Waals surface area contributed by atoms with E-state index in [0.717, 1.165) is 16.7 Å². The van der Waals surface area contributed by atoms with Crippen molar-refractivity contribution >= 4 is 29.1 Å². The Morgan fingerprint density at radius 1 is 1.05 bits per heavy atom. The molecule has 0 heterocycles. The topological polar surface area (TPSA) is 32.6 Å². The highest BCUT2D eigenvalue weighted by Gasteiger charge is 2.06. The monoisotopic (exact) mass is 283 g/mol. The molecule has 0 aliphatic carbocycles. The third-order valence-electron chi connectivity index (χ3n) is 3.05. The molecule has 2 nitrogen and oxygen atoms in total. The predicted molar refractivity (Wildman–Crippen MR) is 87.4 cm³/mol. The number of hydrogen-bond donors (Lipinski definition) is 1. The Bertz CT molecular complexity index is 615. The van der Waals surface area contributed by atoms with E-state index < -0.39 is 0 Å². The van der Waals surface area contributed by atoms with Crippen molar-refractivity contribution in [1.29, 1.82) is 0 Å². The second-order valence-electron chi connectivity index (χ2n) is 4.38. The molecule has 0 aromatic heterocycles. The van der Waals surface area contributed by atoms with Crippen LogP contribution >= 0.6 is 11.8 Å². The number of allylic oxidation sites excluding steroid dienone is 1. The summed E-state index contributed by atoms with van der Waals surface area (Å²) in [6.45, 7) is 1.80. The van der Waals surface area contributed by atoms with Crippen LogP contribution in [0.3, 0.4) is 0 Å². The van der Waals surface area contributed by atoms with Gasteiger partial charge in [0.2, 0.25) is 0 Å². The Hall–Kier alpha value is -2.00. The van der Waals surface area contributed by atoms with Crippen molar-refractivity contribution in [3.63, 3.8) is 0 Å². The second kappa shape index (κ2) is 6.96. The van der Waals surface area contributed by atoms with E-state index in [1.165, 1.54) is 4.90 Å². The fraction of sp³-hybridized carbons (Fsp3) is 0.118. The molecule has 102 valence electrons. The van der Waals surface area contributed by atoms with Crippen LogP contribution in [0.1, 0.15) is 18.1 Å². The van der Waals surface area contributed by atoms with Crippen LogP contribution in [-0.4, -0.2) is 17.2 Å². The first-order valence-electron chi connectivity index (χ1n) is 6.35. The molecule has 0 radical (unpaired) electrons. The van der Waals surface area contributed by atoms with Gasteiger partial charge in [0.25, 0.3) is 0 Å². The van der Waals surface area contributed by atoms with Gasteiger partial charge in [0.15, 0.2) is 0 Å². The summed E-state index contributed by atoms with van der Waals surface area (Å²) in [6.07, 6.45) is 4.09. The molecule has 0 atom stereocenters. The average Bonchev–Trinajstić information content (AvgIpc) is 2.53. The van der Waals surface area contributed by atoms with E-state index in [-0.39, 0.29) is 0 Å². The first kappa shape index (κ1) is 14.4. The molecule has 2 rings (SSSR count). The molecule has 0 saturated heterocycles.